The third-order valence-electron chi connectivity index (χ3n) is 4.05. The van der Waals surface area contributed by atoms with E-state index in [0.717, 1.165) is 10.0 Å². The number of carbonyl (C=O) groups excluding carboxylic acids is 3. The summed E-state index contributed by atoms with van der Waals surface area (Å²) in [6.07, 6.45) is 3.07. The molecule has 3 rings (SSSR count). The highest BCUT2D eigenvalue weighted by Gasteiger charge is 2.13. The van der Waals surface area contributed by atoms with Gasteiger partial charge >= 0.3 is 0 Å². The maximum absolute atomic E-state index is 12.5. The maximum atomic E-state index is 12.5. The van der Waals surface area contributed by atoms with Crippen LogP contribution in [0.3, 0.4) is 0 Å². The SMILES string of the molecule is O=C(/C=C/c1ccccc1)Nc1ccccc1C(=O)NNC(=O)c1ccc(Br)cc1. The molecule has 0 heterocycles. The van der Waals surface area contributed by atoms with E-state index >= 15 is 0 Å². The quantitative estimate of drug-likeness (QED) is 0.391. The number of carbonyl (C=O) groups is 3. The van der Waals surface area contributed by atoms with Gasteiger partial charge in [0.2, 0.25) is 5.91 Å². The van der Waals surface area contributed by atoms with Crippen LogP contribution in [0.1, 0.15) is 26.3 Å². The van der Waals surface area contributed by atoms with Crippen LogP contribution < -0.4 is 16.2 Å². The highest BCUT2D eigenvalue weighted by atomic mass is 79.9. The number of para-hydroxylation sites is 1. The number of hydrazine groups is 1. The molecule has 3 aromatic carbocycles. The smallest absolute Gasteiger partial charge is 0.271 e. The monoisotopic (exact) mass is 463 g/mol. The molecule has 0 unspecified atom stereocenters. The van der Waals surface area contributed by atoms with E-state index in [-0.39, 0.29) is 11.5 Å². The lowest BCUT2D eigenvalue weighted by Crippen LogP contribution is -2.41. The summed E-state index contributed by atoms with van der Waals surface area (Å²) in [5.41, 5.74) is 6.55. The summed E-state index contributed by atoms with van der Waals surface area (Å²) >= 11 is 3.30. The minimum absolute atomic E-state index is 0.218. The minimum Gasteiger partial charge on any atom is -0.322 e. The fraction of sp³-hybridized carbons (Fsp3) is 0. The highest BCUT2D eigenvalue weighted by Crippen LogP contribution is 2.15. The van der Waals surface area contributed by atoms with Crippen molar-refractivity contribution in [2.24, 2.45) is 0 Å². The Morgan fingerprint density at radius 1 is 0.733 bits per heavy atom. The zero-order valence-electron chi connectivity index (χ0n) is 15.8. The van der Waals surface area contributed by atoms with Crippen LogP contribution in [-0.2, 0) is 4.79 Å². The molecular weight excluding hydrogens is 446 g/mol. The molecule has 0 saturated heterocycles. The van der Waals surface area contributed by atoms with Crippen molar-refractivity contribution in [1.82, 2.24) is 10.9 Å². The Morgan fingerprint density at radius 3 is 2.10 bits per heavy atom. The molecule has 0 aliphatic carbocycles. The van der Waals surface area contributed by atoms with Gasteiger partial charge in [0.05, 0.1) is 11.3 Å². The number of benzene rings is 3. The van der Waals surface area contributed by atoms with E-state index in [1.165, 1.54) is 6.08 Å². The highest BCUT2D eigenvalue weighted by molar-refractivity contribution is 9.10. The summed E-state index contributed by atoms with van der Waals surface area (Å²) in [6, 6.07) is 22.6. The molecule has 0 aromatic heterocycles. The second kappa shape index (κ2) is 10.2. The minimum atomic E-state index is -0.552. The van der Waals surface area contributed by atoms with Crippen molar-refractivity contribution in [2.45, 2.75) is 0 Å². The first-order valence-electron chi connectivity index (χ1n) is 9.02. The molecular formula is C23H18BrN3O3. The van der Waals surface area contributed by atoms with Crippen molar-refractivity contribution in [3.63, 3.8) is 0 Å². The van der Waals surface area contributed by atoms with E-state index in [0.29, 0.717) is 11.3 Å². The molecule has 3 N–H and O–H groups in total. The fourth-order valence-electron chi connectivity index (χ4n) is 2.55. The van der Waals surface area contributed by atoms with Crippen molar-refractivity contribution in [1.29, 1.82) is 0 Å². The van der Waals surface area contributed by atoms with Crippen LogP contribution in [-0.4, -0.2) is 17.7 Å². The third-order valence-corrected chi connectivity index (χ3v) is 4.58. The Hall–Kier alpha value is -3.71. The van der Waals surface area contributed by atoms with E-state index in [1.807, 2.05) is 30.3 Å². The van der Waals surface area contributed by atoms with Crippen molar-refractivity contribution >= 4 is 45.4 Å². The summed E-state index contributed by atoms with van der Waals surface area (Å²) < 4.78 is 0.842. The molecule has 3 amide bonds. The Morgan fingerprint density at radius 2 is 1.37 bits per heavy atom. The predicted octanol–water partition coefficient (Wildman–Crippen LogP) is 4.18. The zero-order valence-corrected chi connectivity index (χ0v) is 17.3. The van der Waals surface area contributed by atoms with Gasteiger partial charge in [-0.25, -0.2) is 0 Å². The summed E-state index contributed by atoms with van der Waals surface area (Å²) in [5, 5.41) is 2.68. The maximum Gasteiger partial charge on any atom is 0.271 e. The summed E-state index contributed by atoms with van der Waals surface area (Å²) in [6.45, 7) is 0. The van der Waals surface area contributed by atoms with Crippen LogP contribution in [0.4, 0.5) is 5.69 Å². The van der Waals surface area contributed by atoms with Gasteiger partial charge in [0.1, 0.15) is 0 Å². The lowest BCUT2D eigenvalue weighted by atomic mass is 10.1. The number of hydrogen-bond acceptors (Lipinski definition) is 3. The van der Waals surface area contributed by atoms with Gasteiger partial charge in [-0.3, -0.25) is 25.2 Å². The number of anilines is 1. The first kappa shape index (κ1) is 21.0. The van der Waals surface area contributed by atoms with Gasteiger partial charge in [-0.15, -0.1) is 0 Å². The molecule has 7 heteroatoms. The zero-order chi connectivity index (χ0) is 21.3. The van der Waals surface area contributed by atoms with Crippen molar-refractivity contribution in [2.75, 3.05) is 5.32 Å². The van der Waals surface area contributed by atoms with Gasteiger partial charge in [-0.1, -0.05) is 58.4 Å². The Kier molecular flexibility index (Phi) is 7.13. The number of halogens is 1. The van der Waals surface area contributed by atoms with Crippen LogP contribution >= 0.6 is 15.9 Å². The summed E-state index contributed by atoms with van der Waals surface area (Å²) in [5.74, 6) is -1.38. The molecule has 0 radical (unpaired) electrons. The standard InChI is InChI=1S/C23H18BrN3O3/c24-18-13-11-17(12-14-18)22(29)26-27-23(30)19-8-4-5-9-20(19)25-21(28)15-10-16-6-2-1-3-7-16/h1-15H,(H,25,28)(H,26,29)(H,27,30)/b15-10+. The van der Waals surface area contributed by atoms with Gasteiger partial charge in [-0.2, -0.15) is 0 Å². The Balaban J connectivity index is 1.63. The summed E-state index contributed by atoms with van der Waals surface area (Å²) in [7, 11) is 0. The topological polar surface area (TPSA) is 87.3 Å². The number of rotatable bonds is 5. The number of nitrogens with one attached hydrogen (secondary N) is 3. The van der Waals surface area contributed by atoms with Gasteiger partial charge in [0.15, 0.2) is 0 Å². The predicted molar refractivity (Wildman–Crippen MR) is 120 cm³/mol. The third kappa shape index (κ3) is 5.89. The van der Waals surface area contributed by atoms with E-state index in [4.69, 9.17) is 0 Å². The molecule has 30 heavy (non-hydrogen) atoms. The second-order valence-corrected chi connectivity index (χ2v) is 7.11. The van der Waals surface area contributed by atoms with Crippen LogP contribution in [0.2, 0.25) is 0 Å². The molecule has 6 nitrogen and oxygen atoms in total. The van der Waals surface area contributed by atoms with Crippen molar-refractivity contribution < 1.29 is 14.4 Å². The fourth-order valence-corrected chi connectivity index (χ4v) is 2.82. The largest absolute Gasteiger partial charge is 0.322 e. The number of amides is 3. The first-order chi connectivity index (χ1) is 14.5. The molecule has 0 saturated carbocycles. The number of hydrogen-bond donors (Lipinski definition) is 3. The van der Waals surface area contributed by atoms with E-state index < -0.39 is 11.8 Å². The molecule has 0 fully saturated rings. The second-order valence-electron chi connectivity index (χ2n) is 6.19. The normalized spacial score (nSPS) is 10.4. The van der Waals surface area contributed by atoms with Gasteiger partial charge in [0, 0.05) is 16.1 Å². The van der Waals surface area contributed by atoms with Gasteiger partial charge in [0.25, 0.3) is 11.8 Å². The van der Waals surface area contributed by atoms with Crippen LogP contribution in [0, 0.1) is 0 Å². The average molecular weight is 464 g/mol. The Labute approximate surface area is 182 Å². The molecule has 0 spiro atoms. The molecule has 0 bridgehead atoms. The molecule has 0 atom stereocenters. The Bertz CT molecular complexity index is 1080. The lowest BCUT2D eigenvalue weighted by Gasteiger charge is -2.11. The molecule has 3 aromatic rings. The van der Waals surface area contributed by atoms with Gasteiger partial charge in [-0.05, 0) is 48.0 Å². The van der Waals surface area contributed by atoms with Crippen molar-refractivity contribution in [3.05, 3.63) is 106 Å². The average Bonchev–Trinajstić information content (AvgIpc) is 2.77. The molecule has 0 aliphatic heterocycles. The lowest BCUT2D eigenvalue weighted by molar-refractivity contribution is -0.111. The van der Waals surface area contributed by atoms with E-state index in [1.54, 1.807) is 54.6 Å². The summed E-state index contributed by atoms with van der Waals surface area (Å²) in [4.78, 5) is 36.9. The van der Waals surface area contributed by atoms with Crippen LogP contribution in [0.15, 0.2) is 89.4 Å². The van der Waals surface area contributed by atoms with Crippen molar-refractivity contribution in [3.8, 4) is 0 Å². The van der Waals surface area contributed by atoms with E-state index in [2.05, 4.69) is 32.1 Å². The van der Waals surface area contributed by atoms with E-state index in [9.17, 15) is 14.4 Å². The molecule has 0 aliphatic rings. The van der Waals surface area contributed by atoms with Crippen LogP contribution in [0.5, 0.6) is 0 Å². The molecule has 150 valence electrons. The first-order valence-corrected chi connectivity index (χ1v) is 9.81. The van der Waals surface area contributed by atoms with Gasteiger partial charge < -0.3 is 5.32 Å². The van der Waals surface area contributed by atoms with Crippen LogP contribution in [0.25, 0.3) is 6.08 Å².